The van der Waals surface area contributed by atoms with Gasteiger partial charge in [0, 0.05) is 44.1 Å². The average Bonchev–Trinajstić information content (AvgIpc) is 2.93. The summed E-state index contributed by atoms with van der Waals surface area (Å²) in [6, 6.07) is 11.0. The number of carbonyl (C=O) groups excluding carboxylic acids is 1. The van der Waals surface area contributed by atoms with Gasteiger partial charge in [0.1, 0.15) is 3.92 Å². The predicted molar refractivity (Wildman–Crippen MR) is 149 cm³/mol. The number of hydrazine groups is 1. The molecule has 0 spiro atoms. The molecule has 0 bridgehead atoms. The lowest BCUT2D eigenvalue weighted by molar-refractivity contribution is -0.133. The summed E-state index contributed by atoms with van der Waals surface area (Å²) < 4.78 is 31.4. The number of fused-ring (bicyclic) bond motifs is 1. The highest BCUT2D eigenvalue weighted by Crippen LogP contribution is 2.39. The Hall–Kier alpha value is -2.06. The molecule has 1 aromatic carbocycles. The highest BCUT2D eigenvalue weighted by molar-refractivity contribution is 14.1. The van der Waals surface area contributed by atoms with Crippen LogP contribution in [-0.4, -0.2) is 89.2 Å². The molecule has 5 rings (SSSR count). The number of piperidine rings is 1. The minimum absolute atomic E-state index is 0.0219. The number of carbonyl (C=O) groups is 1. The van der Waals surface area contributed by atoms with Crippen molar-refractivity contribution in [1.82, 2.24) is 19.8 Å². The van der Waals surface area contributed by atoms with E-state index in [1.807, 2.05) is 18.3 Å². The first-order chi connectivity index (χ1) is 17.8. The maximum absolute atomic E-state index is 13.5. The fraction of sp³-hybridized carbons (Fsp3) is 0.462. The molecule has 3 aliphatic heterocycles. The van der Waals surface area contributed by atoms with E-state index in [9.17, 15) is 13.2 Å². The molecule has 198 valence electrons. The Labute approximate surface area is 231 Å². The first-order valence-electron chi connectivity index (χ1n) is 12.6. The Morgan fingerprint density at radius 1 is 1.19 bits per heavy atom. The van der Waals surface area contributed by atoms with E-state index in [-0.39, 0.29) is 22.6 Å². The van der Waals surface area contributed by atoms with E-state index in [1.54, 1.807) is 34.3 Å². The Morgan fingerprint density at radius 2 is 1.97 bits per heavy atom. The number of morpholine rings is 1. The zero-order chi connectivity index (χ0) is 26.0. The summed E-state index contributed by atoms with van der Waals surface area (Å²) in [6.45, 7) is 4.45. The predicted octanol–water partition coefficient (Wildman–Crippen LogP) is 2.08. The molecule has 37 heavy (non-hydrogen) atoms. The lowest BCUT2D eigenvalue weighted by atomic mass is 9.98. The van der Waals surface area contributed by atoms with Crippen molar-refractivity contribution >= 4 is 44.0 Å². The van der Waals surface area contributed by atoms with Crippen molar-refractivity contribution in [1.29, 1.82) is 0 Å². The van der Waals surface area contributed by atoms with Crippen molar-refractivity contribution in [2.45, 2.75) is 34.2 Å². The van der Waals surface area contributed by atoms with Crippen LogP contribution in [0.3, 0.4) is 0 Å². The number of ether oxygens (including phenoxy) is 1. The molecule has 4 heterocycles. The van der Waals surface area contributed by atoms with Crippen molar-refractivity contribution < 1.29 is 17.9 Å². The third kappa shape index (κ3) is 5.70. The van der Waals surface area contributed by atoms with Crippen LogP contribution in [0.15, 0.2) is 59.3 Å². The van der Waals surface area contributed by atoms with Gasteiger partial charge in [-0.05, 0) is 42.7 Å². The highest BCUT2D eigenvalue weighted by atomic mass is 127. The molecule has 9 nitrogen and oxygen atoms in total. The van der Waals surface area contributed by atoms with Gasteiger partial charge >= 0.3 is 0 Å². The normalized spacial score (nSPS) is 22.9. The quantitative estimate of drug-likeness (QED) is 0.222. The van der Waals surface area contributed by atoms with Gasteiger partial charge in [0.15, 0.2) is 9.84 Å². The fourth-order valence-electron chi connectivity index (χ4n) is 5.38. The number of rotatable bonds is 6. The number of hydrogen-bond donors (Lipinski definition) is 1. The number of hydrogen-bond acceptors (Lipinski definition) is 8. The zero-order valence-corrected chi connectivity index (χ0v) is 23.6. The number of halogens is 1. The van der Waals surface area contributed by atoms with Crippen molar-refractivity contribution in [2.75, 3.05) is 45.1 Å². The molecule has 1 aromatic heterocycles. The molecule has 3 aliphatic rings. The molecule has 0 saturated carbocycles. The number of pyridine rings is 1. The van der Waals surface area contributed by atoms with E-state index < -0.39 is 13.8 Å². The van der Waals surface area contributed by atoms with E-state index in [4.69, 9.17) is 10.6 Å². The number of likely N-dealkylation sites (tertiary alicyclic amines) is 1. The van der Waals surface area contributed by atoms with Gasteiger partial charge in [0.2, 0.25) is 5.91 Å². The van der Waals surface area contributed by atoms with Crippen LogP contribution in [0.25, 0.3) is 5.70 Å². The van der Waals surface area contributed by atoms with E-state index in [0.29, 0.717) is 43.1 Å². The molecular formula is C26H32IN5O4S. The van der Waals surface area contributed by atoms with Crippen molar-refractivity contribution in [3.8, 4) is 0 Å². The van der Waals surface area contributed by atoms with Crippen LogP contribution in [0, 0.1) is 0 Å². The van der Waals surface area contributed by atoms with Gasteiger partial charge in [0.05, 0.1) is 35.6 Å². The van der Waals surface area contributed by atoms with Crippen LogP contribution in [0.1, 0.15) is 24.0 Å². The maximum atomic E-state index is 13.5. The molecule has 11 heteroatoms. The van der Waals surface area contributed by atoms with Gasteiger partial charge in [-0.2, -0.15) is 0 Å². The Kier molecular flexibility index (Phi) is 8.15. The monoisotopic (exact) mass is 637 g/mol. The van der Waals surface area contributed by atoms with Crippen LogP contribution in [0.5, 0.6) is 0 Å². The van der Waals surface area contributed by atoms with E-state index in [1.165, 1.54) is 0 Å². The highest BCUT2D eigenvalue weighted by Gasteiger charge is 2.40. The lowest BCUT2D eigenvalue weighted by Crippen LogP contribution is -2.51. The average molecular weight is 638 g/mol. The van der Waals surface area contributed by atoms with Gasteiger partial charge in [0.25, 0.3) is 0 Å². The van der Waals surface area contributed by atoms with Gasteiger partial charge in [-0.15, -0.1) is 0 Å². The first-order valence-corrected chi connectivity index (χ1v) is 15.5. The Balaban J connectivity index is 1.48. The third-order valence-corrected chi connectivity index (χ3v) is 10.2. The summed E-state index contributed by atoms with van der Waals surface area (Å²) in [5.41, 5.74) is 2.94. The number of sulfone groups is 1. The number of amides is 1. The molecular weight excluding hydrogens is 605 g/mol. The molecule has 2 aromatic rings. The summed E-state index contributed by atoms with van der Waals surface area (Å²) in [6.07, 6.45) is 5.51. The second kappa shape index (κ2) is 11.4. The third-order valence-electron chi connectivity index (χ3n) is 7.23. The number of nitrogens with two attached hydrogens (primary N) is 1. The molecule has 1 amide bonds. The summed E-state index contributed by atoms with van der Waals surface area (Å²) in [7, 11) is -3.61. The fourth-order valence-corrected chi connectivity index (χ4v) is 8.24. The van der Waals surface area contributed by atoms with Crippen molar-refractivity contribution in [3.05, 3.63) is 65.5 Å². The van der Waals surface area contributed by atoms with Gasteiger partial charge in [-0.1, -0.05) is 46.9 Å². The molecule has 2 N–H and O–H groups in total. The topological polar surface area (TPSA) is 109 Å². The van der Waals surface area contributed by atoms with Crippen LogP contribution in [0.4, 0.5) is 0 Å². The van der Waals surface area contributed by atoms with Crippen molar-refractivity contribution in [3.63, 3.8) is 0 Å². The maximum Gasteiger partial charge on any atom is 0.239 e. The minimum atomic E-state index is -3.61. The van der Waals surface area contributed by atoms with Crippen LogP contribution < -0.4 is 5.84 Å². The molecule has 2 atom stereocenters. The molecule has 2 fully saturated rings. The summed E-state index contributed by atoms with van der Waals surface area (Å²) >= 11 is 2.09. The number of nitrogens with zero attached hydrogens (tertiary/aromatic N) is 4. The first kappa shape index (κ1) is 26.5. The summed E-state index contributed by atoms with van der Waals surface area (Å²) in [4.78, 5) is 22.1. The van der Waals surface area contributed by atoms with Gasteiger partial charge in [-0.25, -0.2) is 14.3 Å². The van der Waals surface area contributed by atoms with E-state index in [0.717, 1.165) is 38.0 Å². The molecule has 2 saturated heterocycles. The largest absolute Gasteiger partial charge is 0.378 e. The van der Waals surface area contributed by atoms with Crippen LogP contribution in [0.2, 0.25) is 0 Å². The summed E-state index contributed by atoms with van der Waals surface area (Å²) in [5.74, 6) is 6.57. The minimum Gasteiger partial charge on any atom is -0.378 e. The molecule has 1 unspecified atom stereocenters. The zero-order valence-electron chi connectivity index (χ0n) is 20.6. The van der Waals surface area contributed by atoms with Crippen molar-refractivity contribution in [2.24, 2.45) is 5.84 Å². The number of aromatic nitrogens is 1. The Morgan fingerprint density at radius 3 is 2.73 bits per heavy atom. The van der Waals surface area contributed by atoms with Gasteiger partial charge < -0.3 is 14.6 Å². The SMILES string of the molecule is NN(C1=C(C(I)C(=O)N2CCOCC2)CS(=O)(=O)c2ccccc21)[C@H]1CCCN(Cc2cccnc2)C1. The molecule has 0 aliphatic carbocycles. The summed E-state index contributed by atoms with van der Waals surface area (Å²) in [5, 5.41) is 1.75. The lowest BCUT2D eigenvalue weighted by Gasteiger charge is -2.41. The van der Waals surface area contributed by atoms with E-state index >= 15 is 0 Å². The molecule has 0 radical (unpaired) electrons. The second-order valence-corrected chi connectivity index (χ2v) is 12.9. The van der Waals surface area contributed by atoms with Crippen LogP contribution in [-0.2, 0) is 25.9 Å². The van der Waals surface area contributed by atoms with E-state index in [2.05, 4.69) is 38.5 Å². The standard InChI is InChI=1S/C26H32IN5O4S/c27-24(26(33)31-11-13-36-14-12-31)22-18-37(34,35)23-8-2-1-7-21(23)25(22)32(28)20-6-4-10-30(17-20)16-19-5-3-9-29-15-19/h1-3,5,7-9,15,20,24H,4,6,10-14,16-18,28H2/t20-,24?/m0/s1. The smallest absolute Gasteiger partial charge is 0.239 e. The van der Waals surface area contributed by atoms with Gasteiger partial charge in [-0.3, -0.25) is 14.7 Å². The number of alkyl halides is 1. The van der Waals surface area contributed by atoms with Crippen LogP contribution >= 0.6 is 22.6 Å². The number of benzene rings is 1. The Bertz CT molecular complexity index is 1270. The second-order valence-electron chi connectivity index (χ2n) is 9.73.